The number of hydrogen-bond donors (Lipinski definition) is 1. The SMILES string of the molecule is C=N/C=C(\C=C/C)C(=O)OC1CCNCC1. The molecular formula is C12H18N2O2. The number of rotatable bonds is 4. The van der Waals surface area contributed by atoms with Crippen LogP contribution in [-0.4, -0.2) is 31.9 Å². The summed E-state index contributed by atoms with van der Waals surface area (Å²) in [6, 6.07) is 0. The molecule has 88 valence electrons. The van der Waals surface area contributed by atoms with Crippen molar-refractivity contribution in [1.29, 1.82) is 0 Å². The van der Waals surface area contributed by atoms with E-state index >= 15 is 0 Å². The summed E-state index contributed by atoms with van der Waals surface area (Å²) in [6.45, 7) is 6.98. The number of piperidine rings is 1. The normalized spacial score (nSPS) is 18.7. The summed E-state index contributed by atoms with van der Waals surface area (Å²) in [5.74, 6) is -0.322. The van der Waals surface area contributed by atoms with Crippen LogP contribution < -0.4 is 5.32 Å². The summed E-state index contributed by atoms with van der Waals surface area (Å²) in [4.78, 5) is 15.3. The van der Waals surface area contributed by atoms with Crippen molar-refractivity contribution >= 4 is 12.7 Å². The first-order valence-electron chi connectivity index (χ1n) is 5.48. The van der Waals surface area contributed by atoms with E-state index in [2.05, 4.69) is 17.0 Å². The molecule has 0 atom stereocenters. The molecule has 0 spiro atoms. The number of aliphatic imine (C=N–C) groups is 1. The van der Waals surface area contributed by atoms with Gasteiger partial charge < -0.3 is 10.1 Å². The Morgan fingerprint density at radius 3 is 2.75 bits per heavy atom. The second-order valence-corrected chi connectivity index (χ2v) is 3.62. The van der Waals surface area contributed by atoms with Crippen molar-refractivity contribution in [3.8, 4) is 0 Å². The standard InChI is InChI=1S/C12H18N2O2/c1-3-4-10(9-13-2)12(15)16-11-5-7-14-8-6-11/h3-4,9,11,14H,2,5-8H2,1H3/b4-3-,10-9+. The molecule has 0 amide bonds. The molecule has 0 radical (unpaired) electrons. The molecular weight excluding hydrogens is 204 g/mol. The predicted octanol–water partition coefficient (Wildman–Crippen LogP) is 1.44. The Kier molecular flexibility index (Phi) is 5.50. The Balaban J connectivity index is 2.54. The minimum atomic E-state index is -0.322. The Hall–Kier alpha value is -1.42. The van der Waals surface area contributed by atoms with Crippen molar-refractivity contribution in [2.45, 2.75) is 25.9 Å². The van der Waals surface area contributed by atoms with E-state index in [4.69, 9.17) is 4.74 Å². The maximum Gasteiger partial charge on any atom is 0.339 e. The van der Waals surface area contributed by atoms with E-state index in [1.807, 2.05) is 6.92 Å². The molecule has 1 aliphatic rings. The molecule has 1 N–H and O–H groups in total. The van der Waals surface area contributed by atoms with Gasteiger partial charge >= 0.3 is 5.97 Å². The van der Waals surface area contributed by atoms with E-state index in [-0.39, 0.29) is 12.1 Å². The zero-order chi connectivity index (χ0) is 11.8. The zero-order valence-electron chi connectivity index (χ0n) is 9.61. The third kappa shape index (κ3) is 3.98. The lowest BCUT2D eigenvalue weighted by atomic mass is 10.1. The lowest BCUT2D eigenvalue weighted by Gasteiger charge is -2.22. The molecule has 0 aromatic heterocycles. The summed E-state index contributed by atoms with van der Waals surface area (Å²) < 4.78 is 5.37. The lowest BCUT2D eigenvalue weighted by Crippen LogP contribution is -2.33. The van der Waals surface area contributed by atoms with Gasteiger partial charge in [0.15, 0.2) is 0 Å². The van der Waals surface area contributed by atoms with Crippen molar-refractivity contribution in [2.75, 3.05) is 13.1 Å². The molecule has 1 saturated heterocycles. The Bertz CT molecular complexity index is 302. The highest BCUT2D eigenvalue weighted by Gasteiger charge is 2.18. The van der Waals surface area contributed by atoms with Crippen LogP contribution in [0.3, 0.4) is 0 Å². The first kappa shape index (κ1) is 12.6. The summed E-state index contributed by atoms with van der Waals surface area (Å²) in [6.07, 6.45) is 6.64. The van der Waals surface area contributed by atoms with Crippen LogP contribution in [0, 0.1) is 0 Å². The summed E-state index contributed by atoms with van der Waals surface area (Å²) in [7, 11) is 0. The van der Waals surface area contributed by atoms with Crippen LogP contribution in [0.15, 0.2) is 28.9 Å². The number of hydrogen-bond acceptors (Lipinski definition) is 4. The summed E-state index contributed by atoms with van der Waals surface area (Å²) >= 11 is 0. The second-order valence-electron chi connectivity index (χ2n) is 3.62. The minimum Gasteiger partial charge on any atom is -0.459 e. The highest BCUT2D eigenvalue weighted by molar-refractivity contribution is 5.91. The maximum absolute atomic E-state index is 11.7. The van der Waals surface area contributed by atoms with Gasteiger partial charge in [0.25, 0.3) is 0 Å². The van der Waals surface area contributed by atoms with Gasteiger partial charge in [-0.05, 0) is 39.6 Å². The van der Waals surface area contributed by atoms with Gasteiger partial charge in [-0.2, -0.15) is 0 Å². The molecule has 4 nitrogen and oxygen atoms in total. The van der Waals surface area contributed by atoms with Gasteiger partial charge in [-0.1, -0.05) is 12.2 Å². The van der Waals surface area contributed by atoms with Gasteiger partial charge in [0.1, 0.15) is 6.10 Å². The summed E-state index contributed by atoms with van der Waals surface area (Å²) in [5, 5.41) is 3.22. The highest BCUT2D eigenvalue weighted by Crippen LogP contribution is 2.11. The first-order chi connectivity index (χ1) is 7.77. The number of nitrogens with one attached hydrogen (secondary N) is 1. The molecule has 0 aromatic rings. The third-order valence-electron chi connectivity index (χ3n) is 2.37. The Morgan fingerprint density at radius 1 is 1.50 bits per heavy atom. The smallest absolute Gasteiger partial charge is 0.339 e. The molecule has 4 heteroatoms. The van der Waals surface area contributed by atoms with E-state index in [0.29, 0.717) is 5.57 Å². The van der Waals surface area contributed by atoms with Crippen LogP contribution in [-0.2, 0) is 9.53 Å². The van der Waals surface area contributed by atoms with Crippen molar-refractivity contribution < 1.29 is 9.53 Å². The van der Waals surface area contributed by atoms with Gasteiger partial charge in [-0.25, -0.2) is 4.79 Å². The molecule has 1 heterocycles. The van der Waals surface area contributed by atoms with Crippen LogP contribution in [0.25, 0.3) is 0 Å². The average molecular weight is 222 g/mol. The van der Waals surface area contributed by atoms with Crippen LogP contribution in [0.4, 0.5) is 0 Å². The fourth-order valence-electron chi connectivity index (χ4n) is 1.57. The second kappa shape index (κ2) is 6.95. The van der Waals surface area contributed by atoms with E-state index in [1.54, 1.807) is 12.2 Å². The molecule has 0 bridgehead atoms. The van der Waals surface area contributed by atoms with Gasteiger partial charge in [0, 0.05) is 6.20 Å². The number of carbonyl (C=O) groups is 1. The molecule has 0 unspecified atom stereocenters. The zero-order valence-corrected chi connectivity index (χ0v) is 9.61. The Morgan fingerprint density at radius 2 is 2.19 bits per heavy atom. The monoisotopic (exact) mass is 222 g/mol. The topological polar surface area (TPSA) is 50.7 Å². The van der Waals surface area contributed by atoms with E-state index < -0.39 is 0 Å². The Labute approximate surface area is 96.1 Å². The van der Waals surface area contributed by atoms with Crippen molar-refractivity contribution in [3.05, 3.63) is 23.9 Å². The third-order valence-corrected chi connectivity index (χ3v) is 2.37. The fourth-order valence-corrected chi connectivity index (χ4v) is 1.57. The molecule has 0 aromatic carbocycles. The maximum atomic E-state index is 11.7. The number of nitrogens with zero attached hydrogens (tertiary/aromatic N) is 1. The van der Waals surface area contributed by atoms with Crippen molar-refractivity contribution in [2.24, 2.45) is 4.99 Å². The van der Waals surface area contributed by atoms with Gasteiger partial charge in [0.05, 0.1) is 5.57 Å². The van der Waals surface area contributed by atoms with Gasteiger partial charge in [-0.15, -0.1) is 0 Å². The average Bonchev–Trinajstić information content (AvgIpc) is 2.30. The summed E-state index contributed by atoms with van der Waals surface area (Å²) in [5.41, 5.74) is 0.441. The first-order valence-corrected chi connectivity index (χ1v) is 5.48. The van der Waals surface area contributed by atoms with Gasteiger partial charge in [-0.3, -0.25) is 4.99 Å². The van der Waals surface area contributed by atoms with Crippen LogP contribution >= 0.6 is 0 Å². The van der Waals surface area contributed by atoms with Crippen molar-refractivity contribution in [3.63, 3.8) is 0 Å². The fraction of sp³-hybridized carbons (Fsp3) is 0.500. The molecule has 16 heavy (non-hydrogen) atoms. The number of carbonyl (C=O) groups excluding carboxylic acids is 1. The minimum absolute atomic E-state index is 0.0206. The quantitative estimate of drug-likeness (QED) is 0.339. The van der Waals surface area contributed by atoms with E-state index in [1.165, 1.54) is 6.20 Å². The number of ether oxygens (including phenoxy) is 1. The number of esters is 1. The largest absolute Gasteiger partial charge is 0.459 e. The molecule has 0 saturated carbocycles. The molecule has 1 aliphatic heterocycles. The molecule has 0 aliphatic carbocycles. The predicted molar refractivity (Wildman–Crippen MR) is 64.4 cm³/mol. The van der Waals surface area contributed by atoms with Crippen LogP contribution in [0.1, 0.15) is 19.8 Å². The van der Waals surface area contributed by atoms with Crippen molar-refractivity contribution in [1.82, 2.24) is 5.32 Å². The van der Waals surface area contributed by atoms with E-state index in [0.717, 1.165) is 25.9 Å². The number of allylic oxidation sites excluding steroid dienone is 1. The highest BCUT2D eigenvalue weighted by atomic mass is 16.5. The van der Waals surface area contributed by atoms with E-state index in [9.17, 15) is 4.79 Å². The van der Waals surface area contributed by atoms with Crippen LogP contribution in [0.2, 0.25) is 0 Å². The lowest BCUT2D eigenvalue weighted by molar-refractivity contribution is -0.144. The molecule has 1 rings (SSSR count). The van der Waals surface area contributed by atoms with Crippen LogP contribution in [0.5, 0.6) is 0 Å². The molecule has 1 fully saturated rings. The van der Waals surface area contributed by atoms with Gasteiger partial charge in [0.2, 0.25) is 0 Å².